The van der Waals surface area contributed by atoms with E-state index in [0.29, 0.717) is 22.8 Å². The first-order valence-corrected chi connectivity index (χ1v) is 8.87. The van der Waals surface area contributed by atoms with Crippen LogP contribution in [0.2, 0.25) is 0 Å². The normalized spacial score (nSPS) is 11.1. The van der Waals surface area contributed by atoms with Gasteiger partial charge in [-0.05, 0) is 6.92 Å². The van der Waals surface area contributed by atoms with E-state index in [0.717, 1.165) is 6.92 Å². The quantitative estimate of drug-likeness (QED) is 0.604. The zero-order valence-electron chi connectivity index (χ0n) is 16.5. The molecule has 3 aromatic heterocycles. The predicted molar refractivity (Wildman–Crippen MR) is 105 cm³/mol. The fraction of sp³-hybridized carbons (Fsp3) is 0.263. The Balaban J connectivity index is 1.92. The molecule has 3 aromatic rings. The van der Waals surface area contributed by atoms with Gasteiger partial charge in [0, 0.05) is 44.1 Å². The molecule has 30 heavy (non-hydrogen) atoms. The largest absolute Gasteiger partial charge is 0.483 e. The number of nitrogens with one attached hydrogen (secondary N) is 2. The van der Waals surface area contributed by atoms with Crippen LogP contribution in [0.4, 0.5) is 26.1 Å². The first-order chi connectivity index (χ1) is 14.2. The molecule has 0 radical (unpaired) electrons. The van der Waals surface area contributed by atoms with Crippen LogP contribution < -0.4 is 15.4 Å². The second kappa shape index (κ2) is 8.72. The molecule has 0 aliphatic rings. The highest BCUT2D eigenvalue weighted by molar-refractivity contribution is 5.88. The molecule has 0 atom stereocenters. The van der Waals surface area contributed by atoms with E-state index in [4.69, 9.17) is 4.74 Å². The number of ether oxygens (including phenoxy) is 1. The summed E-state index contributed by atoms with van der Waals surface area (Å²) >= 11 is 0. The SMILES string of the molecule is CC(=O)Nc1cc(Nc2cc(C)nc(C(C)(F)F)n2)c(OCc2cnccn2)cn1. The van der Waals surface area contributed by atoms with Crippen molar-refractivity contribution >= 4 is 23.2 Å². The Hall–Kier alpha value is -3.76. The van der Waals surface area contributed by atoms with Crippen LogP contribution in [0.25, 0.3) is 0 Å². The highest BCUT2D eigenvalue weighted by Crippen LogP contribution is 2.31. The van der Waals surface area contributed by atoms with Crippen molar-refractivity contribution in [3.8, 4) is 5.75 Å². The number of amides is 1. The minimum Gasteiger partial charge on any atom is -0.483 e. The molecule has 0 bridgehead atoms. The molecular formula is C19H19F2N7O2. The van der Waals surface area contributed by atoms with Crippen LogP contribution in [0.1, 0.15) is 31.1 Å². The van der Waals surface area contributed by atoms with Gasteiger partial charge in [-0.15, -0.1) is 0 Å². The molecule has 3 rings (SSSR count). The molecule has 0 saturated heterocycles. The first-order valence-electron chi connectivity index (χ1n) is 8.87. The monoisotopic (exact) mass is 415 g/mol. The number of anilines is 3. The third kappa shape index (κ3) is 5.63. The van der Waals surface area contributed by atoms with Crippen LogP contribution in [-0.2, 0) is 17.3 Å². The van der Waals surface area contributed by atoms with Crippen molar-refractivity contribution in [3.05, 3.63) is 54.1 Å². The minimum absolute atomic E-state index is 0.102. The van der Waals surface area contributed by atoms with Gasteiger partial charge in [0.1, 0.15) is 18.2 Å². The number of hydrogen-bond acceptors (Lipinski definition) is 8. The highest BCUT2D eigenvalue weighted by Gasteiger charge is 2.29. The van der Waals surface area contributed by atoms with Crippen molar-refractivity contribution in [2.75, 3.05) is 10.6 Å². The minimum atomic E-state index is -3.20. The number of halogens is 2. The van der Waals surface area contributed by atoms with Gasteiger partial charge in [0.15, 0.2) is 5.75 Å². The molecule has 0 saturated carbocycles. The summed E-state index contributed by atoms with van der Waals surface area (Å²) < 4.78 is 33.2. The maximum atomic E-state index is 13.7. The number of alkyl halides is 2. The Labute approximate surface area is 171 Å². The lowest BCUT2D eigenvalue weighted by molar-refractivity contribution is -0.114. The van der Waals surface area contributed by atoms with Gasteiger partial charge in [0.05, 0.1) is 23.8 Å². The number of aryl methyl sites for hydroxylation is 1. The Bertz CT molecular complexity index is 1040. The Kier molecular flexibility index (Phi) is 6.09. The maximum Gasteiger partial charge on any atom is 0.303 e. The molecular weight excluding hydrogens is 396 g/mol. The zero-order chi connectivity index (χ0) is 21.7. The van der Waals surface area contributed by atoms with Gasteiger partial charge in [-0.25, -0.2) is 15.0 Å². The molecule has 11 heteroatoms. The van der Waals surface area contributed by atoms with E-state index in [9.17, 15) is 13.6 Å². The lowest BCUT2D eigenvalue weighted by Crippen LogP contribution is -2.14. The average Bonchev–Trinajstić information content (AvgIpc) is 2.66. The number of carbonyl (C=O) groups excluding carboxylic acids is 1. The van der Waals surface area contributed by atoms with E-state index in [-0.39, 0.29) is 24.1 Å². The van der Waals surface area contributed by atoms with Crippen LogP contribution in [0.3, 0.4) is 0 Å². The van der Waals surface area contributed by atoms with E-state index in [1.807, 2.05) is 0 Å². The van der Waals surface area contributed by atoms with Crippen molar-refractivity contribution in [1.29, 1.82) is 0 Å². The van der Waals surface area contributed by atoms with Gasteiger partial charge in [0.2, 0.25) is 11.7 Å². The zero-order valence-corrected chi connectivity index (χ0v) is 16.5. The highest BCUT2D eigenvalue weighted by atomic mass is 19.3. The van der Waals surface area contributed by atoms with Crippen LogP contribution >= 0.6 is 0 Å². The fourth-order valence-electron chi connectivity index (χ4n) is 2.43. The van der Waals surface area contributed by atoms with E-state index >= 15 is 0 Å². The van der Waals surface area contributed by atoms with Crippen LogP contribution in [-0.4, -0.2) is 30.8 Å². The van der Waals surface area contributed by atoms with Crippen LogP contribution in [0.15, 0.2) is 36.9 Å². The maximum absolute atomic E-state index is 13.7. The molecule has 0 spiro atoms. The summed E-state index contributed by atoms with van der Waals surface area (Å²) in [6, 6.07) is 3.02. The summed E-state index contributed by atoms with van der Waals surface area (Å²) in [5.74, 6) is -3.42. The molecule has 0 fully saturated rings. The molecule has 156 valence electrons. The summed E-state index contributed by atoms with van der Waals surface area (Å²) in [4.78, 5) is 31.2. The third-order valence-corrected chi connectivity index (χ3v) is 3.67. The molecule has 0 unspecified atom stereocenters. The number of aromatic nitrogens is 5. The number of hydrogen-bond donors (Lipinski definition) is 2. The van der Waals surface area contributed by atoms with E-state index < -0.39 is 11.7 Å². The van der Waals surface area contributed by atoms with Gasteiger partial charge < -0.3 is 15.4 Å². The van der Waals surface area contributed by atoms with Gasteiger partial charge in [-0.2, -0.15) is 8.78 Å². The predicted octanol–water partition coefficient (Wildman–Crippen LogP) is 3.36. The van der Waals surface area contributed by atoms with E-state index in [1.165, 1.54) is 31.5 Å². The molecule has 0 aliphatic carbocycles. The van der Waals surface area contributed by atoms with Gasteiger partial charge in [0.25, 0.3) is 0 Å². The second-order valence-corrected chi connectivity index (χ2v) is 6.46. The van der Waals surface area contributed by atoms with Crippen molar-refractivity contribution < 1.29 is 18.3 Å². The molecule has 2 N–H and O–H groups in total. The lowest BCUT2D eigenvalue weighted by atomic mass is 10.3. The molecule has 3 heterocycles. The van der Waals surface area contributed by atoms with Crippen LogP contribution in [0, 0.1) is 6.92 Å². The molecule has 0 aromatic carbocycles. The Morgan fingerprint density at radius 1 is 1.13 bits per heavy atom. The first kappa shape index (κ1) is 21.0. The molecule has 0 aliphatic heterocycles. The summed E-state index contributed by atoms with van der Waals surface area (Å²) in [5.41, 5.74) is 1.31. The molecule has 1 amide bonds. The summed E-state index contributed by atoms with van der Waals surface area (Å²) in [7, 11) is 0. The van der Waals surface area contributed by atoms with Gasteiger partial charge in [-0.1, -0.05) is 0 Å². The Morgan fingerprint density at radius 2 is 1.93 bits per heavy atom. The third-order valence-electron chi connectivity index (χ3n) is 3.67. The smallest absolute Gasteiger partial charge is 0.303 e. The molecule has 9 nitrogen and oxygen atoms in total. The summed E-state index contributed by atoms with van der Waals surface area (Å²) in [6.45, 7) is 3.76. The number of carbonyl (C=O) groups is 1. The van der Waals surface area contributed by atoms with E-state index in [1.54, 1.807) is 19.3 Å². The van der Waals surface area contributed by atoms with Crippen molar-refractivity contribution in [3.63, 3.8) is 0 Å². The summed E-state index contributed by atoms with van der Waals surface area (Å²) in [6.07, 6.45) is 6.02. The number of pyridine rings is 1. The van der Waals surface area contributed by atoms with Crippen molar-refractivity contribution in [2.24, 2.45) is 0 Å². The number of nitrogens with zero attached hydrogens (tertiary/aromatic N) is 5. The topological polar surface area (TPSA) is 115 Å². The van der Waals surface area contributed by atoms with Gasteiger partial charge in [-0.3, -0.25) is 14.8 Å². The average molecular weight is 415 g/mol. The van der Waals surface area contributed by atoms with E-state index in [2.05, 4.69) is 35.6 Å². The number of rotatable bonds is 7. The second-order valence-electron chi connectivity index (χ2n) is 6.46. The van der Waals surface area contributed by atoms with Crippen LogP contribution in [0.5, 0.6) is 5.75 Å². The van der Waals surface area contributed by atoms with Gasteiger partial charge >= 0.3 is 5.92 Å². The summed E-state index contributed by atoms with van der Waals surface area (Å²) in [5, 5.41) is 5.50. The Morgan fingerprint density at radius 3 is 2.60 bits per heavy atom. The standard InChI is InChI=1S/C19H19F2N7O2/c1-11-6-17(28-18(25-11)19(3,20)21)27-14-7-16(26-12(2)29)24-9-15(14)30-10-13-8-22-4-5-23-13/h4-9H,10H2,1-3H3,(H2,24,25,26,27,28,29). The fourth-order valence-corrected chi connectivity index (χ4v) is 2.43. The lowest BCUT2D eigenvalue weighted by Gasteiger charge is -2.16. The van der Waals surface area contributed by atoms with Crippen molar-refractivity contribution in [1.82, 2.24) is 24.9 Å². The van der Waals surface area contributed by atoms with Crippen molar-refractivity contribution in [2.45, 2.75) is 33.3 Å².